The molecule has 1 N–H and O–H groups in total. The SMILES string of the molecule is CCCC1CCCN(S(=O)(=O)CC2CCNCC2)CC1. The van der Waals surface area contributed by atoms with Gasteiger partial charge < -0.3 is 5.32 Å². The minimum Gasteiger partial charge on any atom is -0.317 e. The van der Waals surface area contributed by atoms with Crippen molar-refractivity contribution in [2.75, 3.05) is 31.9 Å². The van der Waals surface area contributed by atoms with Crippen LogP contribution in [-0.2, 0) is 10.0 Å². The number of sulfonamides is 1. The second-order valence-electron chi connectivity index (χ2n) is 6.46. The average molecular weight is 302 g/mol. The smallest absolute Gasteiger partial charge is 0.214 e. The molecule has 0 amide bonds. The van der Waals surface area contributed by atoms with Crippen molar-refractivity contribution in [2.24, 2.45) is 11.8 Å². The Kier molecular flexibility index (Phi) is 6.30. The lowest BCUT2D eigenvalue weighted by molar-refractivity contribution is 0.374. The molecule has 2 heterocycles. The summed E-state index contributed by atoms with van der Waals surface area (Å²) in [5.74, 6) is 1.46. The molecule has 2 fully saturated rings. The van der Waals surface area contributed by atoms with Gasteiger partial charge >= 0.3 is 0 Å². The van der Waals surface area contributed by atoms with Crippen molar-refractivity contribution in [1.82, 2.24) is 9.62 Å². The molecule has 4 nitrogen and oxygen atoms in total. The first-order valence-corrected chi connectivity index (χ1v) is 9.91. The Morgan fingerprint density at radius 2 is 1.80 bits per heavy atom. The first-order chi connectivity index (χ1) is 9.62. The van der Waals surface area contributed by atoms with Gasteiger partial charge in [0.2, 0.25) is 10.0 Å². The summed E-state index contributed by atoms with van der Waals surface area (Å²) in [5.41, 5.74) is 0. The summed E-state index contributed by atoms with van der Waals surface area (Å²) in [5, 5.41) is 3.30. The highest BCUT2D eigenvalue weighted by Crippen LogP contribution is 2.25. The maximum absolute atomic E-state index is 12.6. The average Bonchev–Trinajstić information content (AvgIpc) is 2.66. The highest BCUT2D eigenvalue weighted by molar-refractivity contribution is 7.89. The molecule has 0 spiro atoms. The molecule has 0 radical (unpaired) electrons. The zero-order chi connectivity index (χ0) is 14.4. The number of hydrogen-bond acceptors (Lipinski definition) is 3. The van der Waals surface area contributed by atoms with E-state index >= 15 is 0 Å². The van der Waals surface area contributed by atoms with E-state index in [2.05, 4.69) is 12.2 Å². The number of hydrogen-bond donors (Lipinski definition) is 1. The van der Waals surface area contributed by atoms with Crippen molar-refractivity contribution in [3.05, 3.63) is 0 Å². The van der Waals surface area contributed by atoms with Crippen LogP contribution in [0, 0.1) is 11.8 Å². The van der Waals surface area contributed by atoms with Crippen LogP contribution in [0.1, 0.15) is 51.9 Å². The van der Waals surface area contributed by atoms with Crippen molar-refractivity contribution in [1.29, 1.82) is 0 Å². The molecule has 0 aromatic rings. The highest BCUT2D eigenvalue weighted by Gasteiger charge is 2.29. The van der Waals surface area contributed by atoms with Crippen LogP contribution >= 0.6 is 0 Å². The monoisotopic (exact) mass is 302 g/mol. The third kappa shape index (κ3) is 4.71. The van der Waals surface area contributed by atoms with Gasteiger partial charge in [-0.1, -0.05) is 19.8 Å². The van der Waals surface area contributed by atoms with E-state index in [1.165, 1.54) is 19.3 Å². The Bertz CT molecular complexity index is 377. The minimum absolute atomic E-state index is 0.357. The summed E-state index contributed by atoms with van der Waals surface area (Å²) in [6.07, 6.45) is 7.77. The molecule has 20 heavy (non-hydrogen) atoms. The van der Waals surface area contributed by atoms with Gasteiger partial charge in [0, 0.05) is 13.1 Å². The normalized spacial score (nSPS) is 27.4. The Morgan fingerprint density at radius 1 is 1.05 bits per heavy atom. The van der Waals surface area contributed by atoms with Crippen LogP contribution in [0.2, 0.25) is 0 Å². The fourth-order valence-electron chi connectivity index (χ4n) is 3.57. The van der Waals surface area contributed by atoms with Gasteiger partial charge in [0.1, 0.15) is 0 Å². The third-order valence-corrected chi connectivity index (χ3v) is 6.85. The van der Waals surface area contributed by atoms with Crippen LogP contribution in [0.25, 0.3) is 0 Å². The van der Waals surface area contributed by atoms with Crippen LogP contribution in [0.3, 0.4) is 0 Å². The van der Waals surface area contributed by atoms with Crippen LogP contribution in [0.5, 0.6) is 0 Å². The molecule has 1 unspecified atom stereocenters. The Hall–Kier alpha value is -0.130. The van der Waals surface area contributed by atoms with E-state index in [1.807, 2.05) is 0 Å². The standard InChI is InChI=1S/C15H30N2O2S/c1-2-4-14-5-3-11-17(12-8-14)20(18,19)13-15-6-9-16-10-7-15/h14-16H,2-13H2,1H3. The van der Waals surface area contributed by atoms with Crippen molar-refractivity contribution < 1.29 is 8.42 Å². The molecule has 1 atom stereocenters. The second kappa shape index (κ2) is 7.76. The van der Waals surface area contributed by atoms with Crippen LogP contribution < -0.4 is 5.32 Å². The zero-order valence-corrected chi connectivity index (χ0v) is 13.6. The third-order valence-electron chi connectivity index (χ3n) is 4.80. The topological polar surface area (TPSA) is 49.4 Å². The minimum atomic E-state index is -3.04. The van der Waals surface area contributed by atoms with E-state index in [0.29, 0.717) is 11.7 Å². The molecule has 2 rings (SSSR count). The lowest BCUT2D eigenvalue weighted by Gasteiger charge is -2.26. The Labute approximate surface area is 124 Å². The van der Waals surface area contributed by atoms with Crippen LogP contribution in [0.15, 0.2) is 0 Å². The van der Waals surface area contributed by atoms with Crippen LogP contribution in [-0.4, -0.2) is 44.7 Å². The molecule has 5 heteroatoms. The van der Waals surface area contributed by atoms with Gasteiger partial charge in [-0.25, -0.2) is 12.7 Å². The summed E-state index contributed by atoms with van der Waals surface area (Å²) in [4.78, 5) is 0. The lowest BCUT2D eigenvalue weighted by Crippen LogP contribution is -2.39. The molecule has 2 aliphatic heterocycles. The molecule has 118 valence electrons. The predicted octanol–water partition coefficient (Wildman–Crippen LogP) is 2.22. The summed E-state index contributed by atoms with van der Waals surface area (Å²) in [6, 6.07) is 0. The molecule has 0 aromatic carbocycles. The maximum atomic E-state index is 12.6. The number of nitrogens with zero attached hydrogens (tertiary/aromatic N) is 1. The van der Waals surface area contributed by atoms with Gasteiger partial charge in [0.15, 0.2) is 0 Å². The second-order valence-corrected chi connectivity index (χ2v) is 8.47. The van der Waals surface area contributed by atoms with Gasteiger partial charge in [-0.2, -0.15) is 0 Å². The van der Waals surface area contributed by atoms with Gasteiger partial charge in [0.25, 0.3) is 0 Å². The van der Waals surface area contributed by atoms with E-state index in [-0.39, 0.29) is 0 Å². The number of piperidine rings is 1. The molecule has 0 aliphatic carbocycles. The van der Waals surface area contributed by atoms with Gasteiger partial charge in [0.05, 0.1) is 5.75 Å². The fraction of sp³-hybridized carbons (Fsp3) is 1.00. The van der Waals surface area contributed by atoms with E-state index in [1.54, 1.807) is 4.31 Å². The molecular weight excluding hydrogens is 272 g/mol. The summed E-state index contributed by atoms with van der Waals surface area (Å²) < 4.78 is 26.9. The maximum Gasteiger partial charge on any atom is 0.214 e. The lowest BCUT2D eigenvalue weighted by atomic mass is 9.96. The quantitative estimate of drug-likeness (QED) is 0.847. The van der Waals surface area contributed by atoms with E-state index in [0.717, 1.165) is 57.8 Å². The van der Waals surface area contributed by atoms with E-state index in [9.17, 15) is 8.42 Å². The zero-order valence-electron chi connectivity index (χ0n) is 12.8. The Morgan fingerprint density at radius 3 is 2.50 bits per heavy atom. The number of nitrogens with one attached hydrogen (secondary N) is 1. The van der Waals surface area contributed by atoms with Crippen molar-refractivity contribution >= 4 is 10.0 Å². The predicted molar refractivity (Wildman–Crippen MR) is 83.2 cm³/mol. The summed E-state index contributed by atoms with van der Waals surface area (Å²) in [7, 11) is -3.04. The fourth-order valence-corrected chi connectivity index (χ4v) is 5.50. The van der Waals surface area contributed by atoms with Gasteiger partial charge in [-0.15, -0.1) is 0 Å². The molecule has 0 aromatic heterocycles. The van der Waals surface area contributed by atoms with Gasteiger partial charge in [-0.05, 0) is 57.0 Å². The summed E-state index contributed by atoms with van der Waals surface area (Å²) >= 11 is 0. The first kappa shape index (κ1) is 16.2. The summed E-state index contributed by atoms with van der Waals surface area (Å²) in [6.45, 7) is 5.65. The van der Waals surface area contributed by atoms with Crippen molar-refractivity contribution in [3.8, 4) is 0 Å². The largest absolute Gasteiger partial charge is 0.317 e. The molecule has 2 aliphatic rings. The molecule has 0 saturated carbocycles. The van der Waals surface area contributed by atoms with Crippen molar-refractivity contribution in [3.63, 3.8) is 0 Å². The Balaban J connectivity index is 1.88. The molecular formula is C15H30N2O2S. The first-order valence-electron chi connectivity index (χ1n) is 8.30. The highest BCUT2D eigenvalue weighted by atomic mass is 32.2. The molecule has 0 bridgehead atoms. The van der Waals surface area contributed by atoms with E-state index < -0.39 is 10.0 Å². The van der Waals surface area contributed by atoms with Crippen LogP contribution in [0.4, 0.5) is 0 Å². The van der Waals surface area contributed by atoms with E-state index in [4.69, 9.17) is 0 Å². The van der Waals surface area contributed by atoms with Gasteiger partial charge in [-0.3, -0.25) is 0 Å². The number of rotatable bonds is 5. The molecule has 2 saturated heterocycles. The van der Waals surface area contributed by atoms with Crippen molar-refractivity contribution in [2.45, 2.75) is 51.9 Å².